The highest BCUT2D eigenvalue weighted by atomic mass is 16.5. The molecule has 0 atom stereocenters. The van der Waals surface area contributed by atoms with E-state index in [2.05, 4.69) is 20.0 Å². The smallest absolute Gasteiger partial charge is 0.241 e. The standard InChI is InChI=1S/C20H22N4O3/c1-25-17-7-8-18(26-2)15(10-17)12-24(16-5-6-16)13-19-22-20(23-27-19)14-4-3-9-21-11-14/h3-4,7-11,16H,5-6,12-13H2,1-2H3. The largest absolute Gasteiger partial charge is 0.497 e. The van der Waals surface area contributed by atoms with Gasteiger partial charge in [-0.05, 0) is 43.2 Å². The molecule has 140 valence electrons. The normalized spacial score (nSPS) is 13.7. The predicted molar refractivity (Wildman–Crippen MR) is 99.3 cm³/mol. The summed E-state index contributed by atoms with van der Waals surface area (Å²) in [7, 11) is 3.35. The number of rotatable bonds is 8. The maximum Gasteiger partial charge on any atom is 0.241 e. The van der Waals surface area contributed by atoms with Gasteiger partial charge in [-0.15, -0.1) is 0 Å². The van der Waals surface area contributed by atoms with Crippen molar-refractivity contribution in [1.29, 1.82) is 0 Å². The third-order valence-electron chi connectivity index (χ3n) is 4.65. The van der Waals surface area contributed by atoms with Crippen molar-refractivity contribution in [3.8, 4) is 22.9 Å². The van der Waals surface area contributed by atoms with Crippen LogP contribution in [0.1, 0.15) is 24.3 Å². The van der Waals surface area contributed by atoms with E-state index in [-0.39, 0.29) is 0 Å². The molecule has 0 spiro atoms. The first-order valence-corrected chi connectivity index (χ1v) is 8.94. The Balaban J connectivity index is 1.52. The number of benzene rings is 1. The quantitative estimate of drug-likeness (QED) is 0.605. The van der Waals surface area contributed by atoms with Crippen LogP contribution in [0.2, 0.25) is 0 Å². The van der Waals surface area contributed by atoms with Gasteiger partial charge in [0.05, 0.1) is 20.8 Å². The zero-order valence-corrected chi connectivity index (χ0v) is 15.5. The van der Waals surface area contributed by atoms with Crippen molar-refractivity contribution in [2.75, 3.05) is 14.2 Å². The summed E-state index contributed by atoms with van der Waals surface area (Å²) in [6.07, 6.45) is 5.81. The van der Waals surface area contributed by atoms with Crippen molar-refractivity contribution >= 4 is 0 Å². The lowest BCUT2D eigenvalue weighted by Gasteiger charge is -2.21. The molecule has 0 aliphatic heterocycles. The minimum Gasteiger partial charge on any atom is -0.497 e. The molecule has 0 unspecified atom stereocenters. The molecule has 2 aromatic heterocycles. The second-order valence-electron chi connectivity index (χ2n) is 6.57. The lowest BCUT2D eigenvalue weighted by Crippen LogP contribution is -2.25. The molecule has 1 saturated carbocycles. The van der Waals surface area contributed by atoms with Gasteiger partial charge in [0.1, 0.15) is 11.5 Å². The number of hydrogen-bond donors (Lipinski definition) is 0. The van der Waals surface area contributed by atoms with Crippen molar-refractivity contribution in [1.82, 2.24) is 20.0 Å². The second-order valence-corrected chi connectivity index (χ2v) is 6.57. The molecule has 1 aromatic carbocycles. The summed E-state index contributed by atoms with van der Waals surface area (Å²) in [5.74, 6) is 2.83. The van der Waals surface area contributed by atoms with Crippen LogP contribution < -0.4 is 9.47 Å². The van der Waals surface area contributed by atoms with E-state index in [1.165, 1.54) is 12.8 Å². The molecule has 0 amide bonds. The summed E-state index contributed by atoms with van der Waals surface area (Å²) in [6.45, 7) is 1.33. The zero-order chi connectivity index (χ0) is 18.6. The topological polar surface area (TPSA) is 73.5 Å². The van der Waals surface area contributed by atoms with Crippen LogP contribution in [0.5, 0.6) is 11.5 Å². The highest BCUT2D eigenvalue weighted by Gasteiger charge is 2.31. The number of hydrogen-bond acceptors (Lipinski definition) is 7. The molecule has 0 radical (unpaired) electrons. The molecule has 1 fully saturated rings. The van der Waals surface area contributed by atoms with Gasteiger partial charge in [-0.25, -0.2) is 0 Å². The summed E-state index contributed by atoms with van der Waals surface area (Å²) in [5.41, 5.74) is 1.93. The summed E-state index contributed by atoms with van der Waals surface area (Å²) in [4.78, 5) is 11.0. The lowest BCUT2D eigenvalue weighted by molar-refractivity contribution is 0.207. The first-order chi connectivity index (χ1) is 13.3. The summed E-state index contributed by atoms with van der Waals surface area (Å²) in [6, 6.07) is 10.2. The fourth-order valence-corrected chi connectivity index (χ4v) is 3.08. The van der Waals surface area contributed by atoms with Crippen molar-refractivity contribution in [3.63, 3.8) is 0 Å². The Kier molecular flexibility index (Phi) is 5.02. The maximum atomic E-state index is 5.52. The Bertz CT molecular complexity index is 893. The van der Waals surface area contributed by atoms with Gasteiger partial charge in [0, 0.05) is 36.1 Å². The first-order valence-electron chi connectivity index (χ1n) is 8.94. The van der Waals surface area contributed by atoms with E-state index in [0.717, 1.165) is 29.2 Å². The molecule has 1 aliphatic carbocycles. The van der Waals surface area contributed by atoms with Crippen LogP contribution in [0.25, 0.3) is 11.4 Å². The van der Waals surface area contributed by atoms with Crippen LogP contribution in [-0.4, -0.2) is 40.3 Å². The molecular weight excluding hydrogens is 344 g/mol. The monoisotopic (exact) mass is 366 g/mol. The molecule has 2 heterocycles. The molecule has 1 aliphatic rings. The predicted octanol–water partition coefficient (Wildman–Crippen LogP) is 3.31. The first kappa shape index (κ1) is 17.5. The van der Waals surface area contributed by atoms with Gasteiger partial charge in [0.15, 0.2) is 0 Å². The number of aromatic nitrogens is 3. The Morgan fingerprint density at radius 3 is 2.74 bits per heavy atom. The van der Waals surface area contributed by atoms with Crippen LogP contribution >= 0.6 is 0 Å². The minimum atomic E-state index is 0.523. The number of ether oxygens (including phenoxy) is 2. The van der Waals surface area contributed by atoms with Crippen LogP contribution in [0.15, 0.2) is 47.2 Å². The van der Waals surface area contributed by atoms with Crippen LogP contribution in [-0.2, 0) is 13.1 Å². The van der Waals surface area contributed by atoms with E-state index >= 15 is 0 Å². The van der Waals surface area contributed by atoms with Gasteiger partial charge in [0.2, 0.25) is 11.7 Å². The van der Waals surface area contributed by atoms with E-state index in [4.69, 9.17) is 14.0 Å². The Labute approximate surface area is 157 Å². The third-order valence-corrected chi connectivity index (χ3v) is 4.65. The number of methoxy groups -OCH3 is 2. The molecule has 7 nitrogen and oxygen atoms in total. The maximum absolute atomic E-state index is 5.52. The van der Waals surface area contributed by atoms with Crippen LogP contribution in [0, 0.1) is 0 Å². The molecule has 0 saturated heterocycles. The van der Waals surface area contributed by atoms with Crippen molar-refractivity contribution in [3.05, 3.63) is 54.2 Å². The molecule has 27 heavy (non-hydrogen) atoms. The van der Waals surface area contributed by atoms with E-state index < -0.39 is 0 Å². The molecule has 4 rings (SSSR count). The average molecular weight is 366 g/mol. The van der Waals surface area contributed by atoms with Crippen molar-refractivity contribution in [2.45, 2.75) is 32.0 Å². The lowest BCUT2D eigenvalue weighted by atomic mass is 10.1. The highest BCUT2D eigenvalue weighted by Crippen LogP contribution is 2.33. The summed E-state index contributed by atoms with van der Waals surface area (Å²) >= 11 is 0. The third kappa shape index (κ3) is 4.09. The fraction of sp³-hybridized carbons (Fsp3) is 0.350. The Morgan fingerprint density at radius 2 is 2.04 bits per heavy atom. The van der Waals surface area contributed by atoms with Gasteiger partial charge in [0.25, 0.3) is 0 Å². The van der Waals surface area contributed by atoms with Gasteiger partial charge in [-0.3, -0.25) is 9.88 Å². The fourth-order valence-electron chi connectivity index (χ4n) is 3.08. The number of pyridine rings is 1. The average Bonchev–Trinajstić information content (AvgIpc) is 3.47. The molecule has 0 N–H and O–H groups in total. The van der Waals surface area contributed by atoms with Crippen molar-refractivity contribution in [2.24, 2.45) is 0 Å². The Morgan fingerprint density at radius 1 is 1.15 bits per heavy atom. The second kappa shape index (κ2) is 7.75. The summed E-state index contributed by atoms with van der Waals surface area (Å²) in [5, 5.41) is 4.09. The van der Waals surface area contributed by atoms with Crippen LogP contribution in [0.3, 0.4) is 0 Å². The molecular formula is C20H22N4O3. The molecule has 0 bridgehead atoms. The highest BCUT2D eigenvalue weighted by molar-refractivity contribution is 5.51. The SMILES string of the molecule is COc1ccc(OC)c(CN(Cc2nc(-c3cccnc3)no2)C2CC2)c1. The van der Waals surface area contributed by atoms with E-state index in [0.29, 0.717) is 24.3 Å². The van der Waals surface area contributed by atoms with E-state index in [9.17, 15) is 0 Å². The van der Waals surface area contributed by atoms with Gasteiger partial charge in [-0.1, -0.05) is 5.16 Å². The van der Waals surface area contributed by atoms with Gasteiger partial charge < -0.3 is 14.0 Å². The van der Waals surface area contributed by atoms with Crippen molar-refractivity contribution < 1.29 is 14.0 Å². The molecule has 7 heteroatoms. The van der Waals surface area contributed by atoms with Gasteiger partial charge >= 0.3 is 0 Å². The number of nitrogens with zero attached hydrogens (tertiary/aromatic N) is 4. The minimum absolute atomic E-state index is 0.523. The molecule has 3 aromatic rings. The van der Waals surface area contributed by atoms with Gasteiger partial charge in [-0.2, -0.15) is 4.98 Å². The van der Waals surface area contributed by atoms with E-state index in [1.54, 1.807) is 26.6 Å². The Hall–Kier alpha value is -2.93. The van der Waals surface area contributed by atoms with E-state index in [1.807, 2.05) is 30.3 Å². The summed E-state index contributed by atoms with van der Waals surface area (Å²) < 4.78 is 16.4. The van der Waals surface area contributed by atoms with Crippen LogP contribution in [0.4, 0.5) is 0 Å². The zero-order valence-electron chi connectivity index (χ0n) is 15.5.